The molecule has 1 amide bonds. The van der Waals surface area contributed by atoms with E-state index >= 15 is 0 Å². The highest BCUT2D eigenvalue weighted by molar-refractivity contribution is 5.95. The molecule has 0 bridgehead atoms. The summed E-state index contributed by atoms with van der Waals surface area (Å²) in [6, 6.07) is 4.13. The summed E-state index contributed by atoms with van der Waals surface area (Å²) in [7, 11) is 0. The van der Waals surface area contributed by atoms with Gasteiger partial charge < -0.3 is 11.1 Å². The molecule has 1 aromatic carbocycles. The van der Waals surface area contributed by atoms with Gasteiger partial charge in [-0.05, 0) is 30.4 Å². The average Bonchev–Trinajstić information content (AvgIpc) is 2.81. The van der Waals surface area contributed by atoms with E-state index in [1.807, 2.05) is 0 Å². The third kappa shape index (κ3) is 3.07. The minimum Gasteiger partial charge on any atom is -0.393 e. The van der Waals surface area contributed by atoms with Crippen molar-refractivity contribution in [2.45, 2.75) is 26.2 Å². The second kappa shape index (κ2) is 5.90. The Hall–Kier alpha value is -2.11. The number of amides is 1. The second-order valence-corrected chi connectivity index (χ2v) is 5.41. The molecule has 1 aromatic rings. The van der Waals surface area contributed by atoms with Crippen LogP contribution < -0.4 is 11.1 Å². The minimum absolute atomic E-state index is 0.0657. The standard InChI is InChI=1S/C14H19N3O3/c1-9-3-2-4-11(9)8-16-14(18)10-5-6-12(15)13(7-10)17(19)20/h5-7,9,11H,2-4,8,15H2,1H3,(H,16,18). The van der Waals surface area contributed by atoms with Crippen LogP contribution in [0.25, 0.3) is 0 Å². The second-order valence-electron chi connectivity index (χ2n) is 5.41. The van der Waals surface area contributed by atoms with Gasteiger partial charge in [0.25, 0.3) is 11.6 Å². The Kier molecular flexibility index (Phi) is 4.22. The molecule has 20 heavy (non-hydrogen) atoms. The molecule has 1 saturated carbocycles. The van der Waals surface area contributed by atoms with E-state index in [0.717, 1.165) is 6.42 Å². The lowest BCUT2D eigenvalue weighted by atomic mass is 9.98. The quantitative estimate of drug-likeness (QED) is 0.501. The van der Waals surface area contributed by atoms with Crippen LogP contribution in [-0.4, -0.2) is 17.4 Å². The number of nitrogens with one attached hydrogen (secondary N) is 1. The predicted molar refractivity (Wildman–Crippen MR) is 76.3 cm³/mol. The van der Waals surface area contributed by atoms with E-state index < -0.39 is 4.92 Å². The topological polar surface area (TPSA) is 98.3 Å². The van der Waals surface area contributed by atoms with Crippen LogP contribution in [0.5, 0.6) is 0 Å². The van der Waals surface area contributed by atoms with Gasteiger partial charge in [0.05, 0.1) is 4.92 Å². The van der Waals surface area contributed by atoms with Gasteiger partial charge in [0.2, 0.25) is 0 Å². The average molecular weight is 277 g/mol. The number of nitro benzene ring substituents is 1. The van der Waals surface area contributed by atoms with Crippen LogP contribution in [0, 0.1) is 22.0 Å². The predicted octanol–water partition coefficient (Wildman–Crippen LogP) is 2.34. The van der Waals surface area contributed by atoms with E-state index in [1.165, 1.54) is 31.0 Å². The van der Waals surface area contributed by atoms with E-state index in [-0.39, 0.29) is 22.8 Å². The summed E-state index contributed by atoms with van der Waals surface area (Å²) in [5, 5.41) is 13.7. The highest BCUT2D eigenvalue weighted by Gasteiger charge is 2.24. The number of nitrogens with zero attached hydrogens (tertiary/aromatic N) is 1. The molecule has 2 rings (SSSR count). The Balaban J connectivity index is 2.02. The summed E-state index contributed by atoms with van der Waals surface area (Å²) < 4.78 is 0. The lowest BCUT2D eigenvalue weighted by Gasteiger charge is -2.15. The molecular weight excluding hydrogens is 258 g/mol. The summed E-state index contributed by atoms with van der Waals surface area (Å²) in [6.45, 7) is 2.82. The minimum atomic E-state index is -0.578. The summed E-state index contributed by atoms with van der Waals surface area (Å²) >= 11 is 0. The first-order chi connectivity index (χ1) is 9.49. The monoisotopic (exact) mass is 277 g/mol. The zero-order chi connectivity index (χ0) is 14.7. The lowest BCUT2D eigenvalue weighted by Crippen LogP contribution is -2.30. The smallest absolute Gasteiger partial charge is 0.292 e. The molecular formula is C14H19N3O3. The van der Waals surface area contributed by atoms with Gasteiger partial charge in [0.15, 0.2) is 0 Å². The first-order valence-corrected chi connectivity index (χ1v) is 6.81. The van der Waals surface area contributed by atoms with Gasteiger partial charge in [-0.3, -0.25) is 14.9 Å². The van der Waals surface area contributed by atoms with Gasteiger partial charge in [-0.2, -0.15) is 0 Å². The summed E-state index contributed by atoms with van der Waals surface area (Å²) in [4.78, 5) is 22.2. The number of rotatable bonds is 4. The van der Waals surface area contributed by atoms with E-state index in [2.05, 4.69) is 12.2 Å². The van der Waals surface area contributed by atoms with Crippen molar-refractivity contribution in [3.05, 3.63) is 33.9 Å². The number of nitrogen functional groups attached to an aromatic ring is 1. The molecule has 0 saturated heterocycles. The van der Waals surface area contributed by atoms with Crippen molar-refractivity contribution in [3.8, 4) is 0 Å². The molecule has 6 nitrogen and oxygen atoms in total. The fraction of sp³-hybridized carbons (Fsp3) is 0.500. The van der Waals surface area contributed by atoms with Crippen molar-refractivity contribution < 1.29 is 9.72 Å². The van der Waals surface area contributed by atoms with Gasteiger partial charge in [-0.15, -0.1) is 0 Å². The van der Waals surface area contributed by atoms with Gasteiger partial charge in [-0.1, -0.05) is 19.8 Å². The molecule has 1 aliphatic carbocycles. The van der Waals surface area contributed by atoms with Gasteiger partial charge in [0.1, 0.15) is 5.69 Å². The molecule has 108 valence electrons. The van der Waals surface area contributed by atoms with Gasteiger partial charge in [0, 0.05) is 18.2 Å². The van der Waals surface area contributed by atoms with Gasteiger partial charge in [-0.25, -0.2) is 0 Å². The van der Waals surface area contributed by atoms with Crippen LogP contribution in [0.3, 0.4) is 0 Å². The fourth-order valence-corrected chi connectivity index (χ4v) is 2.69. The number of hydrogen-bond donors (Lipinski definition) is 2. The third-order valence-electron chi connectivity index (χ3n) is 4.05. The SMILES string of the molecule is CC1CCCC1CNC(=O)c1ccc(N)c([N+](=O)[O-])c1. The molecule has 0 heterocycles. The Morgan fingerprint density at radius 3 is 2.85 bits per heavy atom. The molecule has 0 aromatic heterocycles. The Morgan fingerprint density at radius 2 is 2.25 bits per heavy atom. The molecule has 1 fully saturated rings. The maximum Gasteiger partial charge on any atom is 0.292 e. The summed E-state index contributed by atoms with van der Waals surface area (Å²) in [5.41, 5.74) is 5.62. The molecule has 2 atom stereocenters. The number of anilines is 1. The Labute approximate surface area is 117 Å². The van der Waals surface area contributed by atoms with Crippen molar-refractivity contribution in [2.75, 3.05) is 12.3 Å². The van der Waals surface area contributed by atoms with Crippen LogP contribution in [0.4, 0.5) is 11.4 Å². The zero-order valence-corrected chi connectivity index (χ0v) is 11.5. The fourth-order valence-electron chi connectivity index (χ4n) is 2.69. The van der Waals surface area contributed by atoms with Crippen molar-refractivity contribution >= 4 is 17.3 Å². The van der Waals surface area contributed by atoms with Crippen LogP contribution in [-0.2, 0) is 0 Å². The molecule has 0 aliphatic heterocycles. The normalized spacial score (nSPS) is 21.6. The van der Waals surface area contributed by atoms with E-state index in [1.54, 1.807) is 0 Å². The zero-order valence-electron chi connectivity index (χ0n) is 11.5. The number of nitrogens with two attached hydrogens (primary N) is 1. The summed E-state index contributed by atoms with van der Waals surface area (Å²) in [6.07, 6.45) is 3.53. The highest BCUT2D eigenvalue weighted by Crippen LogP contribution is 2.30. The molecule has 3 N–H and O–H groups in total. The lowest BCUT2D eigenvalue weighted by molar-refractivity contribution is -0.383. The number of carbonyl (C=O) groups excluding carboxylic acids is 1. The highest BCUT2D eigenvalue weighted by atomic mass is 16.6. The Morgan fingerprint density at radius 1 is 1.50 bits per heavy atom. The first-order valence-electron chi connectivity index (χ1n) is 6.81. The molecule has 2 unspecified atom stereocenters. The van der Waals surface area contributed by atoms with Crippen molar-refractivity contribution in [1.29, 1.82) is 0 Å². The van der Waals surface area contributed by atoms with Crippen molar-refractivity contribution in [1.82, 2.24) is 5.32 Å². The largest absolute Gasteiger partial charge is 0.393 e. The molecule has 0 spiro atoms. The van der Waals surface area contributed by atoms with Crippen LogP contribution in [0.15, 0.2) is 18.2 Å². The van der Waals surface area contributed by atoms with E-state index in [4.69, 9.17) is 5.73 Å². The molecule has 6 heteroatoms. The van der Waals surface area contributed by atoms with Crippen molar-refractivity contribution in [2.24, 2.45) is 11.8 Å². The van der Waals surface area contributed by atoms with Crippen LogP contribution >= 0.6 is 0 Å². The van der Waals surface area contributed by atoms with Crippen molar-refractivity contribution in [3.63, 3.8) is 0 Å². The van der Waals surface area contributed by atoms with E-state index in [9.17, 15) is 14.9 Å². The maximum atomic E-state index is 12.0. The van der Waals surface area contributed by atoms with Crippen LogP contribution in [0.1, 0.15) is 36.5 Å². The van der Waals surface area contributed by atoms with Gasteiger partial charge >= 0.3 is 0 Å². The molecule has 0 radical (unpaired) electrons. The summed E-state index contributed by atoms with van der Waals surface area (Å²) in [5.74, 6) is 0.839. The maximum absolute atomic E-state index is 12.0. The number of carbonyl (C=O) groups is 1. The van der Waals surface area contributed by atoms with E-state index in [0.29, 0.717) is 18.4 Å². The molecule has 1 aliphatic rings. The number of benzene rings is 1. The van der Waals surface area contributed by atoms with Crippen LogP contribution in [0.2, 0.25) is 0 Å². The Bertz CT molecular complexity index is 530. The number of hydrogen-bond acceptors (Lipinski definition) is 4. The number of nitro groups is 1. The first kappa shape index (κ1) is 14.3. The third-order valence-corrected chi connectivity index (χ3v) is 4.05.